The van der Waals surface area contributed by atoms with E-state index in [0.717, 1.165) is 45.6 Å². The van der Waals surface area contributed by atoms with Gasteiger partial charge in [-0.1, -0.05) is 143 Å². The Morgan fingerprint density at radius 1 is 0.840 bits per heavy atom. The summed E-state index contributed by atoms with van der Waals surface area (Å²) in [6.07, 6.45) is 22.6. The molecule has 4 rings (SSSR count). The van der Waals surface area contributed by atoms with Crippen molar-refractivity contribution in [3.8, 4) is 11.4 Å². The van der Waals surface area contributed by atoms with E-state index in [2.05, 4.69) is 78.5 Å². The van der Waals surface area contributed by atoms with Gasteiger partial charge in [-0.05, 0) is 75.9 Å². The molecule has 4 aromatic rings. The minimum absolute atomic E-state index is 0. The van der Waals surface area contributed by atoms with Gasteiger partial charge in [0, 0.05) is 35.8 Å². The van der Waals surface area contributed by atoms with Crippen LogP contribution in [0.5, 0.6) is 0 Å². The second kappa shape index (κ2) is 23.8. The molecule has 5 nitrogen and oxygen atoms in total. The summed E-state index contributed by atoms with van der Waals surface area (Å²) in [5, 5.41) is 5.25. The van der Waals surface area contributed by atoms with Crippen LogP contribution in [0, 0.1) is 6.92 Å². The van der Waals surface area contributed by atoms with Crippen molar-refractivity contribution < 1.29 is 4.79 Å². The van der Waals surface area contributed by atoms with Crippen LogP contribution >= 0.6 is 0 Å². The number of aliphatic imine (C=N–C) groups is 1. The zero-order valence-electron chi connectivity index (χ0n) is 30.3. The van der Waals surface area contributed by atoms with Gasteiger partial charge in [-0.15, -0.1) is 0 Å². The molecule has 0 aliphatic rings. The largest absolute Gasteiger partial charge is 0.298 e. The molecular formula is C45H56N4O. The molecular weight excluding hydrogens is 613 g/mol. The number of nitrogens with zero attached hydrogens (tertiary/aromatic N) is 4. The highest BCUT2D eigenvalue weighted by molar-refractivity contribution is 5.79. The molecule has 0 saturated carbocycles. The number of pyridine rings is 1. The van der Waals surface area contributed by atoms with Crippen LogP contribution < -0.4 is 0 Å². The van der Waals surface area contributed by atoms with Crippen LogP contribution in [0.25, 0.3) is 17.0 Å². The van der Waals surface area contributed by atoms with Crippen molar-refractivity contribution in [2.45, 2.75) is 67.9 Å². The van der Waals surface area contributed by atoms with Gasteiger partial charge in [-0.3, -0.25) is 19.5 Å². The molecule has 50 heavy (non-hydrogen) atoms. The van der Waals surface area contributed by atoms with Crippen molar-refractivity contribution in [1.82, 2.24) is 14.8 Å². The second-order valence-corrected chi connectivity index (χ2v) is 10.7. The van der Waals surface area contributed by atoms with Crippen molar-refractivity contribution >= 4 is 18.1 Å². The minimum atomic E-state index is -0.682. The lowest BCUT2D eigenvalue weighted by molar-refractivity contribution is -0.104. The molecule has 0 bridgehead atoms. The smallest absolute Gasteiger partial charge is 0.150 e. The number of hydrogen-bond donors (Lipinski definition) is 0. The Labute approximate surface area is 301 Å². The standard InChI is InChI=1S/C38H38N4O.C4H8.C2H6.CH4/c1-5-16-32(29-43)18-13-14-26-39-27-24-30(3)35-28-42(41-37(35)36-23-15-17-31(4)40-36)38(25-6-2,33-19-9-7-10-20-33)34-21-11-8-12-22-34;1-3-4-2;1-2;/h5-23,25-26,28-29H,3,24,27H2,1-2,4H3;3-4H,1-2H3;1-2H3;1H4/b14-13+,16-5-,25-6+,32-18+,39-26?;4-3-;;. The number of aldehydes is 1. The van der Waals surface area contributed by atoms with Gasteiger partial charge < -0.3 is 0 Å². The Morgan fingerprint density at radius 3 is 1.98 bits per heavy atom. The third-order valence-corrected chi connectivity index (χ3v) is 7.39. The fourth-order valence-electron chi connectivity index (χ4n) is 5.02. The molecule has 2 heterocycles. The highest BCUT2D eigenvalue weighted by Crippen LogP contribution is 2.38. The fourth-order valence-corrected chi connectivity index (χ4v) is 5.02. The Kier molecular flexibility index (Phi) is 20.3. The van der Waals surface area contributed by atoms with E-state index in [0.29, 0.717) is 18.5 Å². The van der Waals surface area contributed by atoms with E-state index in [9.17, 15) is 4.79 Å². The van der Waals surface area contributed by atoms with Crippen LogP contribution in [0.1, 0.15) is 77.8 Å². The Bertz CT molecular complexity index is 1710. The molecule has 0 aliphatic heterocycles. The lowest BCUT2D eigenvalue weighted by Crippen LogP contribution is -2.35. The zero-order chi connectivity index (χ0) is 35.9. The Morgan fingerprint density at radius 2 is 1.46 bits per heavy atom. The molecule has 5 heteroatoms. The summed E-state index contributed by atoms with van der Waals surface area (Å²) in [5.74, 6) is 0. The van der Waals surface area contributed by atoms with Gasteiger partial charge in [0.2, 0.25) is 0 Å². The molecule has 2 aromatic heterocycles. The van der Waals surface area contributed by atoms with Crippen LogP contribution in [0.4, 0.5) is 0 Å². The number of rotatable bonds is 13. The van der Waals surface area contributed by atoms with E-state index >= 15 is 0 Å². The van der Waals surface area contributed by atoms with Crippen LogP contribution in [0.3, 0.4) is 0 Å². The Hall–Kier alpha value is -5.42. The maximum Gasteiger partial charge on any atom is 0.150 e. The number of aromatic nitrogens is 3. The molecule has 0 atom stereocenters. The number of carbonyl (C=O) groups excluding carboxylic acids is 1. The van der Waals surface area contributed by atoms with Crippen LogP contribution in [0.15, 0.2) is 157 Å². The van der Waals surface area contributed by atoms with Gasteiger partial charge in [0.05, 0.1) is 5.69 Å². The molecule has 0 unspecified atom stereocenters. The van der Waals surface area contributed by atoms with Gasteiger partial charge in [-0.25, -0.2) is 0 Å². The summed E-state index contributed by atoms with van der Waals surface area (Å²) in [7, 11) is 0. The number of aryl methyl sites for hydroxylation is 1. The minimum Gasteiger partial charge on any atom is -0.298 e. The van der Waals surface area contributed by atoms with Crippen molar-refractivity contribution in [2.24, 2.45) is 4.99 Å². The molecule has 0 amide bonds. The van der Waals surface area contributed by atoms with Crippen LogP contribution in [-0.2, 0) is 10.3 Å². The number of allylic oxidation sites excluding steroid dienone is 10. The number of benzene rings is 2. The lowest BCUT2D eigenvalue weighted by Gasteiger charge is -2.33. The molecule has 262 valence electrons. The summed E-state index contributed by atoms with van der Waals surface area (Å²) < 4.78 is 2.05. The lowest BCUT2D eigenvalue weighted by atomic mass is 9.82. The SMILES string of the molecule is C.C/C=C\C.C=C(CCN=C/C=C/C=C(C=O)\C=C/C)c1cn(C(/C=C/C)(c2ccccc2)c2ccccc2)nc1-c1cccc(C)n1.CC. The van der Waals surface area contributed by atoms with Crippen molar-refractivity contribution in [3.05, 3.63) is 174 Å². The van der Waals surface area contributed by atoms with Crippen LogP contribution in [-0.4, -0.2) is 33.8 Å². The van der Waals surface area contributed by atoms with E-state index in [1.54, 1.807) is 18.4 Å². The molecule has 0 aliphatic carbocycles. The van der Waals surface area contributed by atoms with E-state index in [4.69, 9.17) is 10.1 Å². The van der Waals surface area contributed by atoms with Crippen LogP contribution in [0.2, 0.25) is 0 Å². The third kappa shape index (κ3) is 11.9. The fraction of sp³-hybridized carbons (Fsp3) is 0.244. The Balaban J connectivity index is 0.00000166. The molecule has 0 spiro atoms. The topological polar surface area (TPSA) is 60.1 Å². The zero-order valence-corrected chi connectivity index (χ0v) is 30.3. The third-order valence-electron chi connectivity index (χ3n) is 7.39. The molecule has 0 N–H and O–H groups in total. The first-order valence-corrected chi connectivity index (χ1v) is 16.9. The number of hydrogen-bond acceptors (Lipinski definition) is 4. The quantitative estimate of drug-likeness (QED) is 0.0468. The molecule has 0 fully saturated rings. The number of carbonyl (C=O) groups is 1. The van der Waals surface area contributed by atoms with Gasteiger partial charge in [-0.2, -0.15) is 5.10 Å². The maximum atomic E-state index is 11.1. The molecule has 0 radical (unpaired) electrons. The predicted molar refractivity (Wildman–Crippen MR) is 218 cm³/mol. The first-order valence-electron chi connectivity index (χ1n) is 16.9. The van der Waals surface area contributed by atoms with E-state index < -0.39 is 5.54 Å². The average Bonchev–Trinajstić information content (AvgIpc) is 3.61. The summed E-state index contributed by atoms with van der Waals surface area (Å²) >= 11 is 0. The predicted octanol–water partition coefficient (Wildman–Crippen LogP) is 11.6. The summed E-state index contributed by atoms with van der Waals surface area (Å²) in [6.45, 7) is 18.9. The summed E-state index contributed by atoms with van der Waals surface area (Å²) in [6, 6.07) is 26.9. The summed E-state index contributed by atoms with van der Waals surface area (Å²) in [4.78, 5) is 20.4. The second-order valence-electron chi connectivity index (χ2n) is 10.7. The highest BCUT2D eigenvalue weighted by atomic mass is 16.1. The first kappa shape index (κ1) is 42.6. The molecule has 2 aromatic carbocycles. The van der Waals surface area contributed by atoms with E-state index in [1.807, 2.05) is 114 Å². The average molecular weight is 669 g/mol. The van der Waals surface area contributed by atoms with Gasteiger partial charge in [0.1, 0.15) is 17.5 Å². The van der Waals surface area contributed by atoms with Crippen molar-refractivity contribution in [3.63, 3.8) is 0 Å². The normalized spacial score (nSPS) is 11.8. The molecule has 0 saturated heterocycles. The summed E-state index contributed by atoms with van der Waals surface area (Å²) in [5.41, 5.74) is 6.50. The van der Waals surface area contributed by atoms with Crippen molar-refractivity contribution in [1.29, 1.82) is 0 Å². The monoisotopic (exact) mass is 668 g/mol. The maximum absolute atomic E-state index is 11.1. The highest BCUT2D eigenvalue weighted by Gasteiger charge is 2.35. The van der Waals surface area contributed by atoms with Gasteiger partial charge in [0.15, 0.2) is 0 Å². The van der Waals surface area contributed by atoms with Gasteiger partial charge >= 0.3 is 0 Å². The van der Waals surface area contributed by atoms with E-state index in [1.165, 1.54) is 0 Å². The van der Waals surface area contributed by atoms with Crippen molar-refractivity contribution in [2.75, 3.05) is 6.54 Å². The first-order chi connectivity index (χ1) is 23.9. The van der Waals surface area contributed by atoms with E-state index in [-0.39, 0.29) is 7.43 Å². The van der Waals surface area contributed by atoms with Gasteiger partial charge in [0.25, 0.3) is 0 Å².